The van der Waals surface area contributed by atoms with Crippen molar-refractivity contribution in [3.63, 3.8) is 0 Å². The summed E-state index contributed by atoms with van der Waals surface area (Å²) in [5.41, 5.74) is 2.14. The van der Waals surface area contributed by atoms with Gasteiger partial charge in [0.05, 0.1) is 17.3 Å². The summed E-state index contributed by atoms with van der Waals surface area (Å²) in [7, 11) is 0. The van der Waals surface area contributed by atoms with Crippen molar-refractivity contribution in [2.24, 2.45) is 0 Å². The average Bonchev–Trinajstić information content (AvgIpc) is 2.57. The second-order valence-corrected chi connectivity index (χ2v) is 5.83. The van der Waals surface area contributed by atoms with Gasteiger partial charge in [-0.1, -0.05) is 48.3 Å². The van der Waals surface area contributed by atoms with Gasteiger partial charge in [0.1, 0.15) is 0 Å². The lowest BCUT2D eigenvalue weighted by Crippen LogP contribution is -2.36. The number of nitrogens with one attached hydrogen (secondary N) is 3. The molecule has 0 saturated carbocycles. The molecular weight excluding hydrogens is 349 g/mol. The lowest BCUT2D eigenvalue weighted by Gasteiger charge is -2.11. The van der Waals surface area contributed by atoms with E-state index < -0.39 is 6.03 Å². The molecule has 0 atom stereocenters. The highest BCUT2D eigenvalue weighted by atomic mass is 35.5. The molecule has 0 saturated heterocycles. The molecule has 0 heterocycles. The maximum Gasteiger partial charge on any atom is 0.319 e. The van der Waals surface area contributed by atoms with Crippen LogP contribution in [0.5, 0.6) is 0 Å². The van der Waals surface area contributed by atoms with Gasteiger partial charge in [0, 0.05) is 10.7 Å². The molecule has 3 N–H and O–H groups in total. The number of aryl methyl sites for hydroxylation is 1. The maximum atomic E-state index is 12.0. The Morgan fingerprint density at radius 3 is 2.50 bits per heavy atom. The van der Waals surface area contributed by atoms with Crippen molar-refractivity contribution in [3.05, 3.63) is 58.1 Å². The minimum atomic E-state index is -0.543. The molecule has 0 spiro atoms. The normalized spacial score (nSPS) is 10.1. The van der Waals surface area contributed by atoms with Crippen molar-refractivity contribution in [2.75, 3.05) is 17.2 Å². The molecule has 2 aromatic carbocycles. The van der Waals surface area contributed by atoms with Gasteiger partial charge in [0.15, 0.2) is 0 Å². The number of carbonyl (C=O) groups is 2. The number of rotatable bonds is 5. The molecule has 0 aliphatic rings. The predicted molar refractivity (Wildman–Crippen MR) is 97.9 cm³/mol. The molecule has 2 aromatic rings. The molecule has 3 amide bonds. The summed E-state index contributed by atoms with van der Waals surface area (Å²) in [6.45, 7) is 1.84. The Kier molecular flexibility index (Phi) is 6.46. The molecule has 5 nitrogen and oxygen atoms in total. The van der Waals surface area contributed by atoms with E-state index in [4.69, 9.17) is 23.2 Å². The van der Waals surface area contributed by atoms with Gasteiger partial charge in [-0.3, -0.25) is 4.79 Å². The van der Waals surface area contributed by atoms with Crippen molar-refractivity contribution < 1.29 is 9.59 Å². The first kappa shape index (κ1) is 18.1. The number of hydrogen-bond acceptors (Lipinski definition) is 2. The van der Waals surface area contributed by atoms with Crippen molar-refractivity contribution in [2.45, 2.75) is 13.3 Å². The monoisotopic (exact) mass is 365 g/mol. The van der Waals surface area contributed by atoms with Gasteiger partial charge in [-0.25, -0.2) is 4.79 Å². The fraction of sp³-hybridized carbons (Fsp3) is 0.176. The highest BCUT2D eigenvalue weighted by molar-refractivity contribution is 6.35. The number of para-hydroxylation sites is 1. The second kappa shape index (κ2) is 8.57. The van der Waals surface area contributed by atoms with Crippen LogP contribution in [0, 0.1) is 0 Å². The first-order valence-electron chi connectivity index (χ1n) is 7.37. The molecule has 0 radical (unpaired) electrons. The van der Waals surface area contributed by atoms with E-state index >= 15 is 0 Å². The van der Waals surface area contributed by atoms with Gasteiger partial charge in [0.25, 0.3) is 0 Å². The Morgan fingerprint density at radius 2 is 1.75 bits per heavy atom. The number of anilines is 2. The van der Waals surface area contributed by atoms with Crippen LogP contribution >= 0.6 is 23.2 Å². The third-order valence-corrected chi connectivity index (χ3v) is 3.82. The number of halogens is 2. The fourth-order valence-corrected chi connectivity index (χ4v) is 2.40. The lowest BCUT2D eigenvalue weighted by molar-refractivity contribution is -0.115. The van der Waals surface area contributed by atoms with Gasteiger partial charge in [-0.05, 0) is 36.2 Å². The van der Waals surface area contributed by atoms with E-state index in [0.29, 0.717) is 15.7 Å². The van der Waals surface area contributed by atoms with Crippen LogP contribution in [0.2, 0.25) is 10.0 Å². The summed E-state index contributed by atoms with van der Waals surface area (Å²) in [6, 6.07) is 11.7. The number of amides is 3. The zero-order valence-electron chi connectivity index (χ0n) is 13.0. The molecular formula is C17H17Cl2N3O2. The van der Waals surface area contributed by atoms with Gasteiger partial charge in [-0.15, -0.1) is 0 Å². The Morgan fingerprint density at radius 1 is 1.00 bits per heavy atom. The number of hydrogen-bond donors (Lipinski definition) is 3. The van der Waals surface area contributed by atoms with Crippen molar-refractivity contribution in [3.8, 4) is 0 Å². The first-order valence-corrected chi connectivity index (χ1v) is 8.13. The zero-order chi connectivity index (χ0) is 17.5. The molecule has 126 valence electrons. The van der Waals surface area contributed by atoms with E-state index in [1.807, 2.05) is 31.2 Å². The maximum absolute atomic E-state index is 12.0. The highest BCUT2D eigenvalue weighted by Crippen LogP contribution is 2.25. The molecule has 2 rings (SSSR count). The quantitative estimate of drug-likeness (QED) is 0.738. The summed E-state index contributed by atoms with van der Waals surface area (Å²) < 4.78 is 0. The van der Waals surface area contributed by atoms with Crippen LogP contribution in [0.15, 0.2) is 42.5 Å². The third-order valence-electron chi connectivity index (χ3n) is 3.26. The minimum absolute atomic E-state index is 0.165. The molecule has 0 aliphatic carbocycles. The third kappa shape index (κ3) is 5.15. The largest absolute Gasteiger partial charge is 0.329 e. The fourth-order valence-electron chi connectivity index (χ4n) is 2.07. The number of carbonyl (C=O) groups excluding carboxylic acids is 2. The predicted octanol–water partition coefficient (Wildman–Crippen LogP) is 4.32. The Bertz CT molecular complexity index is 750. The molecule has 7 heteroatoms. The van der Waals surface area contributed by atoms with Gasteiger partial charge < -0.3 is 16.0 Å². The molecule has 0 unspecified atom stereocenters. The lowest BCUT2D eigenvalue weighted by atomic mass is 10.1. The number of urea groups is 1. The van der Waals surface area contributed by atoms with Crippen molar-refractivity contribution in [1.82, 2.24) is 5.32 Å². The topological polar surface area (TPSA) is 70.2 Å². The first-order chi connectivity index (χ1) is 11.5. The Hall–Kier alpha value is -2.24. The molecule has 0 aromatic heterocycles. The van der Waals surface area contributed by atoms with Crippen molar-refractivity contribution in [1.29, 1.82) is 0 Å². The standard InChI is InChI=1S/C17H17Cl2N3O2/c1-2-11-5-3-4-6-14(11)21-16(23)10-20-17(24)22-15-9-12(18)7-8-13(15)19/h3-9H,2,10H2,1H3,(H,21,23)(H2,20,22,24). The SMILES string of the molecule is CCc1ccccc1NC(=O)CNC(=O)Nc1cc(Cl)ccc1Cl. The van der Waals surface area contributed by atoms with E-state index in [0.717, 1.165) is 17.7 Å². The van der Waals surface area contributed by atoms with E-state index in [1.54, 1.807) is 12.1 Å². The molecule has 0 fully saturated rings. The summed E-state index contributed by atoms with van der Waals surface area (Å²) >= 11 is 11.8. The summed E-state index contributed by atoms with van der Waals surface area (Å²) in [4.78, 5) is 23.8. The summed E-state index contributed by atoms with van der Waals surface area (Å²) in [5, 5.41) is 8.60. The van der Waals surface area contributed by atoms with Crippen LogP contribution in [-0.4, -0.2) is 18.5 Å². The summed E-state index contributed by atoms with van der Waals surface area (Å²) in [5.74, 6) is -0.316. The van der Waals surface area contributed by atoms with E-state index in [1.165, 1.54) is 6.07 Å². The smallest absolute Gasteiger partial charge is 0.319 e. The van der Waals surface area contributed by atoms with Crippen LogP contribution in [0.1, 0.15) is 12.5 Å². The molecule has 0 bridgehead atoms. The van der Waals surface area contributed by atoms with Crippen LogP contribution in [-0.2, 0) is 11.2 Å². The Labute approximate surface area is 150 Å². The van der Waals surface area contributed by atoms with E-state index in [9.17, 15) is 9.59 Å². The van der Waals surface area contributed by atoms with Gasteiger partial charge >= 0.3 is 6.03 Å². The summed E-state index contributed by atoms with van der Waals surface area (Å²) in [6.07, 6.45) is 0.803. The van der Waals surface area contributed by atoms with E-state index in [2.05, 4.69) is 16.0 Å². The molecule has 24 heavy (non-hydrogen) atoms. The van der Waals surface area contributed by atoms with Gasteiger partial charge in [-0.2, -0.15) is 0 Å². The van der Waals surface area contributed by atoms with Crippen LogP contribution in [0.3, 0.4) is 0 Å². The van der Waals surface area contributed by atoms with E-state index in [-0.39, 0.29) is 12.5 Å². The minimum Gasteiger partial charge on any atom is -0.329 e. The van der Waals surface area contributed by atoms with Crippen LogP contribution < -0.4 is 16.0 Å². The zero-order valence-corrected chi connectivity index (χ0v) is 14.5. The van der Waals surface area contributed by atoms with Crippen molar-refractivity contribution >= 4 is 46.5 Å². The highest BCUT2D eigenvalue weighted by Gasteiger charge is 2.09. The second-order valence-electron chi connectivity index (χ2n) is 4.99. The number of benzene rings is 2. The average molecular weight is 366 g/mol. The molecule has 0 aliphatic heterocycles. The van der Waals surface area contributed by atoms with Gasteiger partial charge in [0.2, 0.25) is 5.91 Å². The Balaban J connectivity index is 1.87. The van der Waals surface area contributed by atoms with Crippen LogP contribution in [0.4, 0.5) is 16.2 Å². The van der Waals surface area contributed by atoms with Crippen LogP contribution in [0.25, 0.3) is 0 Å².